The maximum atomic E-state index is 6.38. The molecule has 1 atom stereocenters. The van der Waals surface area contributed by atoms with Gasteiger partial charge in [-0.25, -0.2) is 0 Å². The average molecular weight is 283 g/mol. The van der Waals surface area contributed by atoms with E-state index in [9.17, 15) is 0 Å². The molecule has 0 aromatic heterocycles. The molecule has 0 amide bonds. The second-order valence-corrected chi connectivity index (χ2v) is 6.65. The molecule has 0 spiro atoms. The number of nitrogens with one attached hydrogen (secondary N) is 1. The summed E-state index contributed by atoms with van der Waals surface area (Å²) in [5, 5.41) is 4.30. The van der Waals surface area contributed by atoms with Gasteiger partial charge in [0.2, 0.25) is 0 Å². The summed E-state index contributed by atoms with van der Waals surface area (Å²) in [7, 11) is 2.12. The molecule has 108 valence electrons. The molecule has 2 nitrogen and oxygen atoms in total. The fourth-order valence-corrected chi connectivity index (χ4v) is 2.03. The summed E-state index contributed by atoms with van der Waals surface area (Å²) >= 11 is 6.38. The van der Waals surface area contributed by atoms with E-state index < -0.39 is 0 Å². The third-order valence-corrected chi connectivity index (χ3v) is 3.86. The van der Waals surface area contributed by atoms with E-state index in [0.717, 1.165) is 23.6 Å². The van der Waals surface area contributed by atoms with Gasteiger partial charge in [0.1, 0.15) is 0 Å². The van der Waals surface area contributed by atoms with Crippen molar-refractivity contribution in [3.63, 3.8) is 0 Å². The lowest BCUT2D eigenvalue weighted by atomic mass is 10.1. The molecule has 0 heterocycles. The lowest BCUT2D eigenvalue weighted by molar-refractivity contribution is 0.424. The van der Waals surface area contributed by atoms with Crippen LogP contribution in [-0.2, 0) is 6.54 Å². The third-order valence-electron chi connectivity index (χ3n) is 3.51. The molecule has 1 N–H and O–H groups in total. The van der Waals surface area contributed by atoms with E-state index in [0.29, 0.717) is 6.04 Å². The highest BCUT2D eigenvalue weighted by molar-refractivity contribution is 6.31. The van der Waals surface area contributed by atoms with Crippen molar-refractivity contribution in [3.05, 3.63) is 28.8 Å². The highest BCUT2D eigenvalue weighted by Crippen LogP contribution is 2.25. The minimum absolute atomic E-state index is 0.107. The maximum absolute atomic E-state index is 6.38. The van der Waals surface area contributed by atoms with Crippen LogP contribution in [-0.4, -0.2) is 18.6 Å². The molecular formula is C16H27ClN2. The quantitative estimate of drug-likeness (QED) is 0.858. The molecule has 19 heavy (non-hydrogen) atoms. The van der Waals surface area contributed by atoms with Crippen molar-refractivity contribution in [1.82, 2.24) is 5.32 Å². The van der Waals surface area contributed by atoms with Crippen LogP contribution >= 0.6 is 11.6 Å². The standard InChI is InChI=1S/C16H27ClN2/c1-7-12(2)19(6)14-9-8-13(15(17)10-14)11-18-16(3,4)5/h8-10,12,18H,7,11H2,1-6H3. The molecule has 0 radical (unpaired) electrons. The van der Waals surface area contributed by atoms with E-state index in [4.69, 9.17) is 11.6 Å². The van der Waals surface area contributed by atoms with Crippen LogP contribution < -0.4 is 10.2 Å². The van der Waals surface area contributed by atoms with Crippen molar-refractivity contribution >= 4 is 17.3 Å². The number of anilines is 1. The minimum atomic E-state index is 0.107. The molecular weight excluding hydrogens is 256 g/mol. The summed E-state index contributed by atoms with van der Waals surface area (Å²) in [5.74, 6) is 0. The predicted octanol–water partition coefficient (Wildman–Crippen LogP) is 4.46. The van der Waals surface area contributed by atoms with Crippen LogP contribution in [0, 0.1) is 0 Å². The molecule has 0 saturated carbocycles. The predicted molar refractivity (Wildman–Crippen MR) is 86.2 cm³/mol. The average Bonchev–Trinajstić information content (AvgIpc) is 2.34. The van der Waals surface area contributed by atoms with E-state index in [1.807, 2.05) is 0 Å². The number of nitrogens with zero attached hydrogens (tertiary/aromatic N) is 1. The zero-order valence-electron chi connectivity index (χ0n) is 13.0. The molecule has 0 aliphatic carbocycles. The Bertz CT molecular complexity index is 410. The number of benzene rings is 1. The summed E-state index contributed by atoms with van der Waals surface area (Å²) < 4.78 is 0. The van der Waals surface area contributed by atoms with Crippen LogP contribution in [0.25, 0.3) is 0 Å². The van der Waals surface area contributed by atoms with Crippen molar-refractivity contribution in [2.24, 2.45) is 0 Å². The Morgan fingerprint density at radius 2 is 1.95 bits per heavy atom. The van der Waals surface area contributed by atoms with Crippen LogP contribution in [0.3, 0.4) is 0 Å². The monoisotopic (exact) mass is 282 g/mol. The first-order valence-electron chi connectivity index (χ1n) is 7.01. The Balaban J connectivity index is 2.80. The SMILES string of the molecule is CCC(C)N(C)c1ccc(CNC(C)(C)C)c(Cl)c1. The van der Waals surface area contributed by atoms with Gasteiger partial charge in [-0.1, -0.05) is 24.6 Å². The number of hydrogen-bond donors (Lipinski definition) is 1. The first-order chi connectivity index (χ1) is 8.74. The van der Waals surface area contributed by atoms with Gasteiger partial charge in [-0.05, 0) is 51.8 Å². The summed E-state index contributed by atoms with van der Waals surface area (Å²) in [6.45, 7) is 11.7. The topological polar surface area (TPSA) is 15.3 Å². The van der Waals surface area contributed by atoms with Gasteiger partial charge >= 0.3 is 0 Å². The normalized spacial score (nSPS) is 13.4. The smallest absolute Gasteiger partial charge is 0.0471 e. The molecule has 1 rings (SSSR count). The van der Waals surface area contributed by atoms with E-state index >= 15 is 0 Å². The van der Waals surface area contributed by atoms with Crippen LogP contribution in [0.2, 0.25) is 5.02 Å². The van der Waals surface area contributed by atoms with Crippen molar-refractivity contribution < 1.29 is 0 Å². The second kappa shape index (κ2) is 6.62. The zero-order valence-corrected chi connectivity index (χ0v) is 13.8. The first-order valence-corrected chi connectivity index (χ1v) is 7.38. The molecule has 1 unspecified atom stereocenters. The van der Waals surface area contributed by atoms with Gasteiger partial charge in [-0.3, -0.25) is 0 Å². The van der Waals surface area contributed by atoms with Crippen molar-refractivity contribution in [1.29, 1.82) is 0 Å². The van der Waals surface area contributed by atoms with Gasteiger partial charge in [0.05, 0.1) is 0 Å². The highest BCUT2D eigenvalue weighted by Gasteiger charge is 2.12. The van der Waals surface area contributed by atoms with Gasteiger partial charge in [-0.15, -0.1) is 0 Å². The Morgan fingerprint density at radius 3 is 2.42 bits per heavy atom. The zero-order chi connectivity index (χ0) is 14.6. The van der Waals surface area contributed by atoms with Gasteiger partial charge in [0.25, 0.3) is 0 Å². The molecule has 3 heteroatoms. The third kappa shape index (κ3) is 5.04. The van der Waals surface area contributed by atoms with Crippen LogP contribution in [0.15, 0.2) is 18.2 Å². The minimum Gasteiger partial charge on any atom is -0.372 e. The molecule has 0 saturated heterocycles. The van der Waals surface area contributed by atoms with Crippen molar-refractivity contribution in [2.45, 2.75) is 59.2 Å². The molecule has 0 aliphatic heterocycles. The van der Waals surface area contributed by atoms with E-state index in [1.54, 1.807) is 0 Å². The van der Waals surface area contributed by atoms with Crippen LogP contribution in [0.4, 0.5) is 5.69 Å². The molecule has 0 bridgehead atoms. The summed E-state index contributed by atoms with van der Waals surface area (Å²) in [4.78, 5) is 2.27. The Hall–Kier alpha value is -0.730. The van der Waals surface area contributed by atoms with E-state index in [1.165, 1.54) is 5.69 Å². The second-order valence-electron chi connectivity index (χ2n) is 6.25. The Kier molecular flexibility index (Phi) is 5.69. The Labute approximate surface area is 123 Å². The molecule has 1 aromatic rings. The lowest BCUT2D eigenvalue weighted by Crippen LogP contribution is -2.35. The van der Waals surface area contributed by atoms with E-state index in [-0.39, 0.29) is 5.54 Å². The molecule has 0 fully saturated rings. The number of halogens is 1. The van der Waals surface area contributed by atoms with Crippen molar-refractivity contribution in [3.8, 4) is 0 Å². The highest BCUT2D eigenvalue weighted by atomic mass is 35.5. The van der Waals surface area contributed by atoms with Crippen LogP contribution in [0.5, 0.6) is 0 Å². The summed E-state index contributed by atoms with van der Waals surface area (Å²) in [6, 6.07) is 6.86. The Morgan fingerprint density at radius 1 is 1.32 bits per heavy atom. The van der Waals surface area contributed by atoms with E-state index in [2.05, 4.69) is 70.1 Å². The summed E-state index contributed by atoms with van der Waals surface area (Å²) in [6.07, 6.45) is 1.13. The van der Waals surface area contributed by atoms with Crippen LogP contribution in [0.1, 0.15) is 46.6 Å². The fourth-order valence-electron chi connectivity index (χ4n) is 1.79. The lowest BCUT2D eigenvalue weighted by Gasteiger charge is -2.27. The summed E-state index contributed by atoms with van der Waals surface area (Å²) in [5.41, 5.74) is 2.44. The molecule has 1 aromatic carbocycles. The van der Waals surface area contributed by atoms with Gasteiger partial charge in [0, 0.05) is 35.9 Å². The van der Waals surface area contributed by atoms with Gasteiger partial charge < -0.3 is 10.2 Å². The number of rotatable bonds is 5. The van der Waals surface area contributed by atoms with Crippen molar-refractivity contribution in [2.75, 3.05) is 11.9 Å². The maximum Gasteiger partial charge on any atom is 0.0471 e. The number of hydrogen-bond acceptors (Lipinski definition) is 2. The van der Waals surface area contributed by atoms with Gasteiger partial charge in [-0.2, -0.15) is 0 Å². The molecule has 0 aliphatic rings. The fraction of sp³-hybridized carbons (Fsp3) is 0.625. The van der Waals surface area contributed by atoms with Gasteiger partial charge in [0.15, 0.2) is 0 Å². The first kappa shape index (κ1) is 16.3. The largest absolute Gasteiger partial charge is 0.372 e.